The van der Waals surface area contributed by atoms with Gasteiger partial charge in [-0.05, 0) is 36.6 Å². The summed E-state index contributed by atoms with van der Waals surface area (Å²) in [6.45, 7) is 6.49. The van der Waals surface area contributed by atoms with E-state index in [4.69, 9.17) is 10.5 Å². The number of nitrogens with zero attached hydrogens (tertiary/aromatic N) is 3. The minimum absolute atomic E-state index is 0.128. The fourth-order valence-corrected chi connectivity index (χ4v) is 1.52. The number of hydrogen-bond donors (Lipinski definition) is 2. The number of aryl methyl sites for hydroxylation is 1. The minimum Gasteiger partial charge on any atom is -0.352 e. The van der Waals surface area contributed by atoms with Crippen LogP contribution in [0.15, 0.2) is 23.3 Å². The van der Waals surface area contributed by atoms with Crippen LogP contribution in [0.4, 0.5) is 5.69 Å². The summed E-state index contributed by atoms with van der Waals surface area (Å²) in [7, 11) is 0. The lowest BCUT2D eigenvalue weighted by atomic mass is 10.1. The first kappa shape index (κ1) is 16.2. The molecule has 1 rings (SSSR count). The number of hydrogen-bond acceptors (Lipinski definition) is 5. The van der Waals surface area contributed by atoms with Crippen LogP contribution in [0.1, 0.15) is 29.8 Å². The molecular formula is C15H17N5O. The van der Waals surface area contributed by atoms with E-state index in [-0.39, 0.29) is 11.6 Å². The zero-order chi connectivity index (χ0) is 15.8. The van der Waals surface area contributed by atoms with Crippen molar-refractivity contribution in [2.24, 2.45) is 11.0 Å². The second kappa shape index (κ2) is 7.66. The van der Waals surface area contributed by atoms with E-state index < -0.39 is 0 Å². The average Bonchev–Trinajstić information content (AvgIpc) is 2.47. The van der Waals surface area contributed by atoms with Crippen LogP contribution in [0.3, 0.4) is 0 Å². The van der Waals surface area contributed by atoms with Gasteiger partial charge in [0.1, 0.15) is 12.1 Å². The van der Waals surface area contributed by atoms with Gasteiger partial charge in [-0.3, -0.25) is 10.2 Å². The van der Waals surface area contributed by atoms with E-state index in [0.29, 0.717) is 23.7 Å². The Morgan fingerprint density at radius 1 is 1.33 bits per heavy atom. The number of carbonyl (C=O) groups excluding carboxylic acids is 1. The van der Waals surface area contributed by atoms with Crippen LogP contribution < -0.4 is 10.7 Å². The molecule has 0 bridgehead atoms. The molecule has 21 heavy (non-hydrogen) atoms. The van der Waals surface area contributed by atoms with Crippen LogP contribution in [0.5, 0.6) is 0 Å². The van der Waals surface area contributed by atoms with E-state index in [9.17, 15) is 4.79 Å². The first-order chi connectivity index (χ1) is 9.97. The van der Waals surface area contributed by atoms with Crippen molar-refractivity contribution in [3.63, 3.8) is 0 Å². The summed E-state index contributed by atoms with van der Waals surface area (Å²) in [5, 5.41) is 23.7. The molecule has 0 atom stereocenters. The highest BCUT2D eigenvalue weighted by Crippen LogP contribution is 2.16. The molecule has 2 N–H and O–H groups in total. The van der Waals surface area contributed by atoms with Gasteiger partial charge in [0.15, 0.2) is 0 Å². The van der Waals surface area contributed by atoms with Gasteiger partial charge in [-0.2, -0.15) is 15.6 Å². The highest BCUT2D eigenvalue weighted by atomic mass is 16.1. The third-order valence-electron chi connectivity index (χ3n) is 2.66. The van der Waals surface area contributed by atoms with Crippen molar-refractivity contribution in [3.8, 4) is 12.1 Å². The van der Waals surface area contributed by atoms with Crippen molar-refractivity contribution in [2.75, 3.05) is 12.0 Å². The van der Waals surface area contributed by atoms with Gasteiger partial charge in [0.2, 0.25) is 5.71 Å². The van der Waals surface area contributed by atoms with E-state index in [1.165, 1.54) is 0 Å². The smallest absolute Gasteiger partial charge is 0.251 e. The van der Waals surface area contributed by atoms with Gasteiger partial charge >= 0.3 is 0 Å². The van der Waals surface area contributed by atoms with Crippen molar-refractivity contribution in [2.45, 2.75) is 20.8 Å². The molecule has 0 aromatic heterocycles. The predicted molar refractivity (Wildman–Crippen MR) is 80.6 cm³/mol. The minimum atomic E-state index is -0.256. The number of nitrogens with one attached hydrogen (secondary N) is 2. The zero-order valence-electron chi connectivity index (χ0n) is 12.3. The summed E-state index contributed by atoms with van der Waals surface area (Å²) < 4.78 is 0. The first-order valence-corrected chi connectivity index (χ1v) is 6.50. The molecule has 0 fully saturated rings. The molecule has 1 aromatic carbocycles. The lowest BCUT2D eigenvalue weighted by Gasteiger charge is -2.10. The highest BCUT2D eigenvalue weighted by Gasteiger charge is 2.08. The quantitative estimate of drug-likeness (QED) is 0.638. The van der Waals surface area contributed by atoms with Crippen LogP contribution >= 0.6 is 0 Å². The maximum atomic E-state index is 11.9. The number of nitriles is 2. The Bertz CT molecular complexity index is 618. The third kappa shape index (κ3) is 4.96. The van der Waals surface area contributed by atoms with E-state index in [2.05, 4.69) is 15.8 Å². The van der Waals surface area contributed by atoms with E-state index in [0.717, 1.165) is 5.56 Å². The van der Waals surface area contributed by atoms with Crippen molar-refractivity contribution < 1.29 is 4.79 Å². The number of hydrazone groups is 1. The maximum Gasteiger partial charge on any atom is 0.251 e. The van der Waals surface area contributed by atoms with Crippen molar-refractivity contribution >= 4 is 17.3 Å². The van der Waals surface area contributed by atoms with Crippen molar-refractivity contribution in [1.82, 2.24) is 5.32 Å². The molecule has 0 aliphatic rings. The standard InChI is InChI=1S/C15H17N5O/c1-10(2)9-18-15(21)12-4-5-14(11(3)6-12)20-19-13(7-16)8-17/h4-6,10,20H,9H2,1-3H3,(H,18,21). The largest absolute Gasteiger partial charge is 0.352 e. The van der Waals surface area contributed by atoms with Crippen LogP contribution in [-0.2, 0) is 0 Å². The van der Waals surface area contributed by atoms with Gasteiger partial charge in [0, 0.05) is 12.1 Å². The van der Waals surface area contributed by atoms with Crippen molar-refractivity contribution in [1.29, 1.82) is 10.5 Å². The Morgan fingerprint density at radius 2 is 2.00 bits per heavy atom. The Kier molecular flexibility index (Phi) is 5.91. The molecule has 0 spiro atoms. The number of carbonyl (C=O) groups is 1. The van der Waals surface area contributed by atoms with Gasteiger partial charge < -0.3 is 5.32 Å². The summed E-state index contributed by atoms with van der Waals surface area (Å²) in [5.74, 6) is 0.261. The van der Waals surface area contributed by atoms with Gasteiger partial charge in [0.25, 0.3) is 5.91 Å². The van der Waals surface area contributed by atoms with Crippen LogP contribution in [0.25, 0.3) is 0 Å². The molecule has 1 aromatic rings. The molecular weight excluding hydrogens is 266 g/mol. The van der Waals surface area contributed by atoms with Crippen LogP contribution in [0, 0.1) is 35.5 Å². The lowest BCUT2D eigenvalue weighted by molar-refractivity contribution is 0.0949. The van der Waals surface area contributed by atoms with Gasteiger partial charge in [-0.15, -0.1) is 0 Å². The fourth-order valence-electron chi connectivity index (χ4n) is 1.52. The highest BCUT2D eigenvalue weighted by molar-refractivity contribution is 6.10. The lowest BCUT2D eigenvalue weighted by Crippen LogP contribution is -2.27. The van der Waals surface area contributed by atoms with Crippen LogP contribution in [0.2, 0.25) is 0 Å². The van der Waals surface area contributed by atoms with Gasteiger partial charge in [-0.25, -0.2) is 0 Å². The summed E-state index contributed by atoms with van der Waals surface area (Å²) in [4.78, 5) is 11.9. The summed E-state index contributed by atoms with van der Waals surface area (Å²) in [6.07, 6.45) is 0. The molecule has 1 amide bonds. The molecule has 0 aliphatic heterocycles. The molecule has 0 saturated carbocycles. The Morgan fingerprint density at radius 3 is 2.52 bits per heavy atom. The molecule has 0 radical (unpaired) electrons. The average molecular weight is 283 g/mol. The third-order valence-corrected chi connectivity index (χ3v) is 2.66. The summed E-state index contributed by atoms with van der Waals surface area (Å²) >= 11 is 0. The number of benzene rings is 1. The molecule has 0 saturated heterocycles. The fraction of sp³-hybridized carbons (Fsp3) is 0.333. The summed E-state index contributed by atoms with van der Waals surface area (Å²) in [6, 6.07) is 8.40. The monoisotopic (exact) mass is 283 g/mol. The molecule has 6 nitrogen and oxygen atoms in total. The topological polar surface area (TPSA) is 101 Å². The second-order valence-corrected chi connectivity index (χ2v) is 4.93. The normalized spacial score (nSPS) is 9.43. The first-order valence-electron chi connectivity index (χ1n) is 6.50. The molecule has 0 heterocycles. The molecule has 108 valence electrons. The molecule has 6 heteroatoms. The van der Waals surface area contributed by atoms with Gasteiger partial charge in [0.05, 0.1) is 5.69 Å². The van der Waals surface area contributed by atoms with Crippen LogP contribution in [-0.4, -0.2) is 18.2 Å². The molecule has 0 unspecified atom stereocenters. The second-order valence-electron chi connectivity index (χ2n) is 4.93. The SMILES string of the molecule is Cc1cc(C(=O)NCC(C)C)ccc1NN=C(C#N)C#N. The van der Waals surface area contributed by atoms with E-state index in [1.807, 2.05) is 20.8 Å². The summed E-state index contributed by atoms with van der Waals surface area (Å²) in [5.41, 5.74) is 4.38. The Hall–Kier alpha value is -2.86. The zero-order valence-corrected chi connectivity index (χ0v) is 12.3. The van der Waals surface area contributed by atoms with Gasteiger partial charge in [-0.1, -0.05) is 13.8 Å². The van der Waals surface area contributed by atoms with Crippen molar-refractivity contribution in [3.05, 3.63) is 29.3 Å². The van der Waals surface area contributed by atoms with E-state index in [1.54, 1.807) is 30.3 Å². The number of amides is 1. The Balaban J connectivity index is 2.82. The van der Waals surface area contributed by atoms with E-state index >= 15 is 0 Å². The maximum absolute atomic E-state index is 11.9. The predicted octanol–water partition coefficient (Wildman–Crippen LogP) is 2.20. The number of rotatable bonds is 5. The Labute approximate surface area is 124 Å². The molecule has 0 aliphatic carbocycles. The number of anilines is 1.